The first-order chi connectivity index (χ1) is 6.87. The van der Waals surface area contributed by atoms with Crippen molar-refractivity contribution in [3.05, 3.63) is 0 Å². The molecule has 5 N–H and O–H groups in total. The van der Waals surface area contributed by atoms with Crippen LogP contribution >= 0.6 is 0 Å². The molecule has 0 atom stereocenters. The van der Waals surface area contributed by atoms with E-state index in [2.05, 4.69) is 5.32 Å². The van der Waals surface area contributed by atoms with Crippen molar-refractivity contribution in [2.75, 3.05) is 0 Å². The predicted molar refractivity (Wildman–Crippen MR) is 61.3 cm³/mol. The average Bonchev–Trinajstić information content (AvgIpc) is 2.05. The number of rotatable bonds is 3. The zero-order valence-electron chi connectivity index (χ0n) is 9.75. The minimum atomic E-state index is -0.421. The summed E-state index contributed by atoms with van der Waals surface area (Å²) < 4.78 is 0. The first kappa shape index (κ1) is 12.5. The maximum atomic E-state index is 11.6. The Balaban J connectivity index is 2.27. The van der Waals surface area contributed by atoms with Gasteiger partial charge in [0.1, 0.15) is 0 Å². The molecule has 0 aromatic rings. The van der Waals surface area contributed by atoms with Crippen molar-refractivity contribution in [3.63, 3.8) is 0 Å². The number of nitrogens with two attached hydrogens (primary N) is 2. The Morgan fingerprint density at radius 2 is 1.87 bits per heavy atom. The summed E-state index contributed by atoms with van der Waals surface area (Å²) >= 11 is 0. The van der Waals surface area contributed by atoms with E-state index < -0.39 is 5.54 Å². The lowest BCUT2D eigenvalue weighted by Crippen LogP contribution is -2.44. The van der Waals surface area contributed by atoms with Gasteiger partial charge in [0, 0.05) is 24.0 Å². The largest absolute Gasteiger partial charge is 0.353 e. The van der Waals surface area contributed by atoms with Crippen molar-refractivity contribution < 1.29 is 4.79 Å². The minimum Gasteiger partial charge on any atom is -0.353 e. The van der Waals surface area contributed by atoms with Gasteiger partial charge in [-0.05, 0) is 39.5 Å². The van der Waals surface area contributed by atoms with Crippen molar-refractivity contribution in [3.8, 4) is 0 Å². The Labute approximate surface area is 91.8 Å². The molecule has 0 bridgehead atoms. The van der Waals surface area contributed by atoms with Crippen LogP contribution in [0.25, 0.3) is 0 Å². The minimum absolute atomic E-state index is 0.0583. The summed E-state index contributed by atoms with van der Waals surface area (Å²) in [6.07, 6.45) is 4.40. The second kappa shape index (κ2) is 4.94. The Morgan fingerprint density at radius 1 is 1.33 bits per heavy atom. The van der Waals surface area contributed by atoms with Gasteiger partial charge in [-0.3, -0.25) is 4.79 Å². The fourth-order valence-corrected chi connectivity index (χ4v) is 1.96. The van der Waals surface area contributed by atoms with Crippen LogP contribution in [0.15, 0.2) is 0 Å². The standard InChI is InChI=1S/C11H23N3O/c1-11(2,13)7-10(15)14-9-5-3-8(12)4-6-9/h8-9H,3-7,12-13H2,1-2H3,(H,14,15). The van der Waals surface area contributed by atoms with E-state index >= 15 is 0 Å². The van der Waals surface area contributed by atoms with E-state index in [1.54, 1.807) is 0 Å². The van der Waals surface area contributed by atoms with E-state index in [1.165, 1.54) is 0 Å². The monoisotopic (exact) mass is 213 g/mol. The van der Waals surface area contributed by atoms with Crippen LogP contribution in [0.4, 0.5) is 0 Å². The fourth-order valence-electron chi connectivity index (χ4n) is 1.96. The van der Waals surface area contributed by atoms with Crippen molar-refractivity contribution >= 4 is 5.91 Å². The molecule has 0 aromatic heterocycles. The Bertz CT molecular complexity index is 214. The van der Waals surface area contributed by atoms with Crippen LogP contribution in [0.5, 0.6) is 0 Å². The number of nitrogens with one attached hydrogen (secondary N) is 1. The van der Waals surface area contributed by atoms with Crippen molar-refractivity contribution in [2.45, 2.75) is 63.6 Å². The SMILES string of the molecule is CC(C)(N)CC(=O)NC1CCC(N)CC1. The molecule has 0 saturated heterocycles. The molecule has 1 aliphatic carbocycles. The van der Waals surface area contributed by atoms with E-state index in [-0.39, 0.29) is 5.91 Å². The molecule has 88 valence electrons. The smallest absolute Gasteiger partial charge is 0.222 e. The summed E-state index contributed by atoms with van der Waals surface area (Å²) in [5, 5.41) is 3.02. The lowest BCUT2D eigenvalue weighted by Gasteiger charge is -2.28. The second-order valence-electron chi connectivity index (χ2n) is 5.34. The third-order valence-corrected chi connectivity index (χ3v) is 2.75. The second-order valence-corrected chi connectivity index (χ2v) is 5.34. The lowest BCUT2D eigenvalue weighted by atomic mass is 9.91. The molecule has 0 radical (unpaired) electrons. The number of carbonyl (C=O) groups excluding carboxylic acids is 1. The van der Waals surface area contributed by atoms with Gasteiger partial charge in [0.15, 0.2) is 0 Å². The molecular formula is C11H23N3O. The van der Waals surface area contributed by atoms with Crippen LogP contribution in [0, 0.1) is 0 Å². The van der Waals surface area contributed by atoms with Crippen molar-refractivity contribution in [1.29, 1.82) is 0 Å². The highest BCUT2D eigenvalue weighted by atomic mass is 16.1. The summed E-state index contributed by atoms with van der Waals surface area (Å²) in [6.45, 7) is 3.73. The molecule has 1 saturated carbocycles. The third-order valence-electron chi connectivity index (χ3n) is 2.75. The molecule has 1 rings (SSSR count). The van der Waals surface area contributed by atoms with Gasteiger partial charge in [0.2, 0.25) is 5.91 Å². The van der Waals surface area contributed by atoms with Gasteiger partial charge in [-0.15, -0.1) is 0 Å². The number of hydrogen-bond acceptors (Lipinski definition) is 3. The summed E-state index contributed by atoms with van der Waals surface area (Å²) in [7, 11) is 0. The molecule has 0 aliphatic heterocycles. The summed E-state index contributed by atoms with van der Waals surface area (Å²) in [5.41, 5.74) is 11.2. The third kappa shape index (κ3) is 5.14. The molecule has 15 heavy (non-hydrogen) atoms. The van der Waals surface area contributed by atoms with E-state index in [0.717, 1.165) is 25.7 Å². The van der Waals surface area contributed by atoms with Gasteiger partial charge < -0.3 is 16.8 Å². The van der Waals surface area contributed by atoms with Crippen molar-refractivity contribution in [1.82, 2.24) is 5.32 Å². The van der Waals surface area contributed by atoms with Gasteiger partial charge >= 0.3 is 0 Å². The molecule has 0 unspecified atom stereocenters. The molecular weight excluding hydrogens is 190 g/mol. The van der Waals surface area contributed by atoms with Gasteiger partial charge in [-0.25, -0.2) is 0 Å². The predicted octanol–water partition coefficient (Wildman–Crippen LogP) is 0.500. The zero-order valence-corrected chi connectivity index (χ0v) is 9.75. The van der Waals surface area contributed by atoms with Crippen LogP contribution in [0.1, 0.15) is 46.0 Å². The van der Waals surface area contributed by atoms with Crippen molar-refractivity contribution in [2.24, 2.45) is 11.5 Å². The highest BCUT2D eigenvalue weighted by Gasteiger charge is 2.22. The maximum absolute atomic E-state index is 11.6. The van der Waals surface area contributed by atoms with E-state index in [1.807, 2.05) is 13.8 Å². The zero-order chi connectivity index (χ0) is 11.5. The van der Waals surface area contributed by atoms with Gasteiger partial charge in [-0.2, -0.15) is 0 Å². The van der Waals surface area contributed by atoms with E-state index in [9.17, 15) is 4.79 Å². The summed E-state index contributed by atoms with van der Waals surface area (Å²) in [6, 6.07) is 0.628. The first-order valence-electron chi connectivity index (χ1n) is 5.70. The molecule has 0 heterocycles. The van der Waals surface area contributed by atoms with Crippen LogP contribution in [-0.2, 0) is 4.79 Å². The number of hydrogen-bond donors (Lipinski definition) is 3. The molecule has 0 spiro atoms. The van der Waals surface area contributed by atoms with E-state index in [4.69, 9.17) is 11.5 Å². The van der Waals surface area contributed by atoms with Gasteiger partial charge in [0.25, 0.3) is 0 Å². The molecule has 0 aromatic carbocycles. The maximum Gasteiger partial charge on any atom is 0.222 e. The number of carbonyl (C=O) groups is 1. The quantitative estimate of drug-likeness (QED) is 0.638. The summed E-state index contributed by atoms with van der Waals surface area (Å²) in [4.78, 5) is 11.6. The molecule has 4 nitrogen and oxygen atoms in total. The highest BCUT2D eigenvalue weighted by Crippen LogP contribution is 2.17. The molecule has 4 heteroatoms. The van der Waals surface area contributed by atoms with Gasteiger partial charge in [-0.1, -0.05) is 0 Å². The topological polar surface area (TPSA) is 81.1 Å². The van der Waals surface area contributed by atoms with E-state index in [0.29, 0.717) is 18.5 Å². The van der Waals surface area contributed by atoms with Gasteiger partial charge in [0.05, 0.1) is 0 Å². The van der Waals surface area contributed by atoms with Crippen LogP contribution in [0.3, 0.4) is 0 Å². The van der Waals surface area contributed by atoms with Crippen LogP contribution < -0.4 is 16.8 Å². The van der Waals surface area contributed by atoms with Crippen LogP contribution in [0.2, 0.25) is 0 Å². The fraction of sp³-hybridized carbons (Fsp3) is 0.909. The Morgan fingerprint density at radius 3 is 2.33 bits per heavy atom. The summed E-state index contributed by atoms with van der Waals surface area (Å²) in [5.74, 6) is 0.0583. The molecule has 1 amide bonds. The first-order valence-corrected chi connectivity index (χ1v) is 5.70. The molecule has 1 aliphatic rings. The average molecular weight is 213 g/mol. The highest BCUT2D eigenvalue weighted by molar-refractivity contribution is 5.77. The Hall–Kier alpha value is -0.610. The number of amides is 1. The lowest BCUT2D eigenvalue weighted by molar-refractivity contribution is -0.122. The van der Waals surface area contributed by atoms with Crippen LogP contribution in [-0.4, -0.2) is 23.5 Å². The normalized spacial score (nSPS) is 27.5. The molecule has 1 fully saturated rings. The Kier molecular flexibility index (Phi) is 4.11.